The van der Waals surface area contributed by atoms with Gasteiger partial charge in [0.25, 0.3) is 0 Å². The monoisotopic (exact) mass is 282 g/mol. The molecule has 2 N–H and O–H groups in total. The Morgan fingerprint density at radius 1 is 1.32 bits per heavy atom. The minimum Gasteiger partial charge on any atom is -0.396 e. The molecule has 0 aromatic carbocycles. The van der Waals surface area contributed by atoms with Crippen LogP contribution < -0.4 is 5.32 Å². The van der Waals surface area contributed by atoms with Crippen LogP contribution in [0.3, 0.4) is 0 Å². The lowest BCUT2D eigenvalue weighted by Gasteiger charge is -2.40. The smallest absolute Gasteiger partial charge is 0.389 e. The Labute approximate surface area is 113 Å². The highest BCUT2D eigenvalue weighted by atomic mass is 19.4. The molecule has 1 saturated heterocycles. The summed E-state index contributed by atoms with van der Waals surface area (Å²) in [7, 11) is 0. The molecule has 1 aliphatic heterocycles. The van der Waals surface area contributed by atoms with Crippen molar-refractivity contribution in [2.45, 2.75) is 51.4 Å². The summed E-state index contributed by atoms with van der Waals surface area (Å²) in [5.41, 5.74) is 0. The number of halogens is 3. The predicted molar refractivity (Wildman–Crippen MR) is 69.0 cm³/mol. The van der Waals surface area contributed by atoms with Gasteiger partial charge in [0.2, 0.25) is 0 Å². The molecule has 0 aliphatic carbocycles. The maximum absolute atomic E-state index is 12.5. The Balaban J connectivity index is 2.52. The SMILES string of the molecule is CC(C)N1CC(CC(F)(F)F)CC(NCCCO)C1. The van der Waals surface area contributed by atoms with Crippen molar-refractivity contribution in [2.75, 3.05) is 26.2 Å². The molecular formula is C13H25F3N2O. The minimum atomic E-state index is -4.08. The van der Waals surface area contributed by atoms with E-state index < -0.39 is 12.6 Å². The van der Waals surface area contributed by atoms with Gasteiger partial charge in [-0.2, -0.15) is 13.2 Å². The van der Waals surface area contributed by atoms with E-state index in [1.54, 1.807) is 0 Å². The summed E-state index contributed by atoms with van der Waals surface area (Å²) in [4.78, 5) is 2.11. The Morgan fingerprint density at radius 3 is 2.53 bits per heavy atom. The number of rotatable bonds is 6. The number of alkyl halides is 3. The van der Waals surface area contributed by atoms with Gasteiger partial charge in [-0.25, -0.2) is 0 Å². The van der Waals surface area contributed by atoms with Crippen LogP contribution in [0, 0.1) is 5.92 Å². The van der Waals surface area contributed by atoms with Crippen LogP contribution in [0.1, 0.15) is 33.1 Å². The van der Waals surface area contributed by atoms with Gasteiger partial charge in [-0.15, -0.1) is 0 Å². The number of nitrogens with one attached hydrogen (secondary N) is 1. The number of aliphatic hydroxyl groups excluding tert-OH is 1. The molecule has 2 unspecified atom stereocenters. The molecule has 3 nitrogen and oxygen atoms in total. The summed E-state index contributed by atoms with van der Waals surface area (Å²) in [5.74, 6) is -0.331. The molecule has 0 amide bonds. The lowest BCUT2D eigenvalue weighted by molar-refractivity contribution is -0.149. The van der Waals surface area contributed by atoms with Crippen molar-refractivity contribution in [1.29, 1.82) is 0 Å². The van der Waals surface area contributed by atoms with Crippen LogP contribution in [0.5, 0.6) is 0 Å². The van der Waals surface area contributed by atoms with Crippen LogP contribution in [0.2, 0.25) is 0 Å². The molecular weight excluding hydrogens is 257 g/mol. The van der Waals surface area contributed by atoms with Gasteiger partial charge in [0.1, 0.15) is 0 Å². The highest BCUT2D eigenvalue weighted by Gasteiger charge is 2.36. The van der Waals surface area contributed by atoms with E-state index in [2.05, 4.69) is 10.2 Å². The van der Waals surface area contributed by atoms with Crippen LogP contribution in [0.15, 0.2) is 0 Å². The summed E-state index contributed by atoms with van der Waals surface area (Å²) < 4.78 is 37.6. The van der Waals surface area contributed by atoms with Crippen LogP contribution in [0.25, 0.3) is 0 Å². The third-order valence-electron chi connectivity index (χ3n) is 3.58. The lowest BCUT2D eigenvalue weighted by atomic mass is 9.90. The normalized spacial score (nSPS) is 26.1. The van der Waals surface area contributed by atoms with Gasteiger partial charge < -0.3 is 10.4 Å². The molecule has 19 heavy (non-hydrogen) atoms. The van der Waals surface area contributed by atoms with Crippen molar-refractivity contribution < 1.29 is 18.3 Å². The van der Waals surface area contributed by atoms with Crippen molar-refractivity contribution in [3.63, 3.8) is 0 Å². The van der Waals surface area contributed by atoms with Gasteiger partial charge in [0.15, 0.2) is 0 Å². The van der Waals surface area contributed by atoms with E-state index in [1.807, 2.05) is 13.8 Å². The molecule has 2 atom stereocenters. The quantitative estimate of drug-likeness (QED) is 0.732. The van der Waals surface area contributed by atoms with Gasteiger partial charge in [0.05, 0.1) is 0 Å². The first kappa shape index (κ1) is 16.7. The van der Waals surface area contributed by atoms with Gasteiger partial charge in [-0.1, -0.05) is 0 Å². The summed E-state index contributed by atoms with van der Waals surface area (Å²) >= 11 is 0. The van der Waals surface area contributed by atoms with E-state index in [0.29, 0.717) is 25.9 Å². The second-order valence-corrected chi connectivity index (χ2v) is 5.70. The van der Waals surface area contributed by atoms with E-state index in [9.17, 15) is 13.2 Å². The zero-order valence-corrected chi connectivity index (χ0v) is 11.7. The standard InChI is InChI=1S/C13H25F3N2O/c1-10(2)18-8-11(7-13(14,15)16)6-12(9-18)17-4-3-5-19/h10-12,17,19H,3-9H2,1-2H3. The number of likely N-dealkylation sites (tertiary alicyclic amines) is 1. The third kappa shape index (κ3) is 6.58. The fourth-order valence-corrected chi connectivity index (χ4v) is 2.67. The molecule has 0 aromatic rings. The molecule has 0 aromatic heterocycles. The third-order valence-corrected chi connectivity index (χ3v) is 3.58. The van der Waals surface area contributed by atoms with Crippen LogP contribution in [-0.4, -0.2) is 54.5 Å². The molecule has 1 aliphatic rings. The van der Waals surface area contributed by atoms with Crippen molar-refractivity contribution in [2.24, 2.45) is 5.92 Å². The van der Waals surface area contributed by atoms with E-state index in [4.69, 9.17) is 5.11 Å². The van der Waals surface area contributed by atoms with Gasteiger partial charge in [-0.05, 0) is 39.2 Å². The van der Waals surface area contributed by atoms with E-state index in [1.165, 1.54) is 0 Å². The molecule has 0 saturated carbocycles. The maximum atomic E-state index is 12.5. The lowest BCUT2D eigenvalue weighted by Crippen LogP contribution is -2.52. The molecule has 6 heteroatoms. The number of hydrogen-bond donors (Lipinski definition) is 2. The number of piperidine rings is 1. The molecule has 1 fully saturated rings. The summed E-state index contributed by atoms with van der Waals surface area (Å²) in [6.07, 6.45) is -3.58. The fraction of sp³-hybridized carbons (Fsp3) is 1.00. The van der Waals surface area contributed by atoms with Crippen LogP contribution in [-0.2, 0) is 0 Å². The van der Waals surface area contributed by atoms with Crippen molar-refractivity contribution >= 4 is 0 Å². The first-order chi connectivity index (χ1) is 8.81. The Hall–Kier alpha value is -0.330. The Morgan fingerprint density at radius 2 is 2.00 bits per heavy atom. The topological polar surface area (TPSA) is 35.5 Å². The number of hydrogen-bond acceptors (Lipinski definition) is 3. The highest BCUT2D eigenvalue weighted by Crippen LogP contribution is 2.30. The van der Waals surface area contributed by atoms with Gasteiger partial charge >= 0.3 is 6.18 Å². The van der Waals surface area contributed by atoms with E-state index in [0.717, 1.165) is 6.54 Å². The summed E-state index contributed by atoms with van der Waals surface area (Å²) in [6.45, 7) is 6.11. The average Bonchev–Trinajstić information content (AvgIpc) is 2.26. The Kier molecular flexibility index (Phi) is 6.56. The molecule has 1 rings (SSSR count). The first-order valence-corrected chi connectivity index (χ1v) is 6.97. The largest absolute Gasteiger partial charge is 0.396 e. The Bertz CT molecular complexity index is 259. The summed E-state index contributed by atoms with van der Waals surface area (Å²) in [6, 6.07) is 0.355. The van der Waals surface area contributed by atoms with Crippen molar-refractivity contribution in [3.05, 3.63) is 0 Å². The second kappa shape index (κ2) is 7.45. The van der Waals surface area contributed by atoms with E-state index in [-0.39, 0.29) is 24.6 Å². The summed E-state index contributed by atoms with van der Waals surface area (Å²) in [5, 5.41) is 12.0. The maximum Gasteiger partial charge on any atom is 0.389 e. The van der Waals surface area contributed by atoms with Crippen molar-refractivity contribution in [3.8, 4) is 0 Å². The average molecular weight is 282 g/mol. The predicted octanol–water partition coefficient (Wildman–Crippen LogP) is 2.01. The zero-order chi connectivity index (χ0) is 14.5. The van der Waals surface area contributed by atoms with E-state index >= 15 is 0 Å². The molecule has 0 spiro atoms. The zero-order valence-electron chi connectivity index (χ0n) is 11.7. The van der Waals surface area contributed by atoms with Gasteiger partial charge in [0, 0.05) is 38.2 Å². The van der Waals surface area contributed by atoms with Crippen LogP contribution >= 0.6 is 0 Å². The number of nitrogens with zero attached hydrogens (tertiary/aromatic N) is 1. The molecule has 0 bridgehead atoms. The molecule has 0 radical (unpaired) electrons. The van der Waals surface area contributed by atoms with Crippen molar-refractivity contribution in [1.82, 2.24) is 10.2 Å². The fourth-order valence-electron chi connectivity index (χ4n) is 2.67. The first-order valence-electron chi connectivity index (χ1n) is 6.97. The molecule has 114 valence electrons. The van der Waals surface area contributed by atoms with Crippen LogP contribution in [0.4, 0.5) is 13.2 Å². The van der Waals surface area contributed by atoms with Gasteiger partial charge in [-0.3, -0.25) is 4.90 Å². The molecule has 1 heterocycles. The highest BCUT2D eigenvalue weighted by molar-refractivity contribution is 4.86. The minimum absolute atomic E-state index is 0.0926. The number of aliphatic hydroxyl groups is 1. The second-order valence-electron chi connectivity index (χ2n) is 5.70.